The fourth-order valence-electron chi connectivity index (χ4n) is 2.59. The van der Waals surface area contributed by atoms with Crippen LogP contribution in [0.1, 0.15) is 54.2 Å². The second kappa shape index (κ2) is 5.20. The van der Waals surface area contributed by atoms with Crippen LogP contribution in [0, 0.1) is 0 Å². The van der Waals surface area contributed by atoms with E-state index in [0.717, 1.165) is 12.8 Å². The minimum atomic E-state index is -2.68. The molecule has 1 saturated carbocycles. The molecule has 1 aliphatic heterocycles. The average molecular weight is 297 g/mol. The van der Waals surface area contributed by atoms with Crippen LogP contribution in [0.5, 0.6) is 0 Å². The summed E-state index contributed by atoms with van der Waals surface area (Å²) in [6, 6.07) is 0. The summed E-state index contributed by atoms with van der Waals surface area (Å²) in [6.07, 6.45) is 3.21. The molecule has 5 nitrogen and oxygen atoms in total. The lowest BCUT2D eigenvalue weighted by Gasteiger charge is -2.23. The van der Waals surface area contributed by atoms with Gasteiger partial charge in [0, 0.05) is 38.0 Å². The normalized spacial score (nSPS) is 21.9. The van der Waals surface area contributed by atoms with E-state index in [-0.39, 0.29) is 30.8 Å². The zero-order valence-electron chi connectivity index (χ0n) is 11.6. The van der Waals surface area contributed by atoms with E-state index in [1.807, 2.05) is 0 Å². The van der Waals surface area contributed by atoms with Gasteiger partial charge < -0.3 is 10.0 Å². The van der Waals surface area contributed by atoms with Crippen molar-refractivity contribution in [3.05, 3.63) is 17.6 Å². The molecule has 1 saturated heterocycles. The highest BCUT2D eigenvalue weighted by Gasteiger charge is 2.34. The fraction of sp³-hybridized carbons (Fsp3) is 0.643. The molecule has 0 spiro atoms. The molecule has 114 valence electrons. The zero-order valence-corrected chi connectivity index (χ0v) is 11.6. The highest BCUT2D eigenvalue weighted by Crippen LogP contribution is 2.39. The molecule has 7 heteroatoms. The first kappa shape index (κ1) is 14.2. The lowest BCUT2D eigenvalue weighted by atomic mass is 10.1. The Labute approximate surface area is 121 Å². The third-order valence-electron chi connectivity index (χ3n) is 3.98. The quantitative estimate of drug-likeness (QED) is 0.929. The molecule has 2 fully saturated rings. The SMILES string of the molecule is O=C(O)c1cnc(C2CC2)nc1N1CCCC(F)(F)CC1. The van der Waals surface area contributed by atoms with Crippen LogP contribution in [0.15, 0.2) is 6.20 Å². The molecule has 0 aromatic carbocycles. The summed E-state index contributed by atoms with van der Waals surface area (Å²) in [7, 11) is 0. The summed E-state index contributed by atoms with van der Waals surface area (Å²) in [5.41, 5.74) is -0.00961. The Bertz CT molecular complexity index is 561. The molecule has 0 radical (unpaired) electrons. The van der Waals surface area contributed by atoms with Crippen molar-refractivity contribution in [2.45, 2.75) is 43.9 Å². The van der Waals surface area contributed by atoms with E-state index in [0.29, 0.717) is 24.7 Å². The predicted molar refractivity (Wildman–Crippen MR) is 72.0 cm³/mol. The van der Waals surface area contributed by atoms with Crippen LogP contribution < -0.4 is 4.90 Å². The Balaban J connectivity index is 1.91. The number of rotatable bonds is 3. The molecule has 0 unspecified atom stereocenters. The van der Waals surface area contributed by atoms with Gasteiger partial charge in [-0.2, -0.15) is 0 Å². The average Bonchev–Trinajstić information content (AvgIpc) is 3.25. The van der Waals surface area contributed by atoms with Crippen molar-refractivity contribution in [3.8, 4) is 0 Å². The van der Waals surface area contributed by atoms with E-state index >= 15 is 0 Å². The zero-order chi connectivity index (χ0) is 15.0. The summed E-state index contributed by atoms with van der Waals surface area (Å²) in [5.74, 6) is -2.59. The number of nitrogens with zero attached hydrogens (tertiary/aromatic N) is 3. The van der Waals surface area contributed by atoms with Crippen LogP contribution in [-0.4, -0.2) is 40.1 Å². The van der Waals surface area contributed by atoms with E-state index < -0.39 is 11.9 Å². The van der Waals surface area contributed by atoms with Crippen molar-refractivity contribution < 1.29 is 18.7 Å². The third-order valence-corrected chi connectivity index (χ3v) is 3.98. The molecule has 0 bridgehead atoms. The van der Waals surface area contributed by atoms with Crippen LogP contribution >= 0.6 is 0 Å². The summed E-state index contributed by atoms with van der Waals surface area (Å²) < 4.78 is 26.9. The second-order valence-electron chi connectivity index (χ2n) is 5.74. The van der Waals surface area contributed by atoms with E-state index in [4.69, 9.17) is 0 Å². The van der Waals surface area contributed by atoms with Gasteiger partial charge in [-0.3, -0.25) is 0 Å². The lowest BCUT2D eigenvalue weighted by molar-refractivity contribution is -0.0102. The largest absolute Gasteiger partial charge is 0.477 e. The van der Waals surface area contributed by atoms with Crippen molar-refractivity contribution in [1.82, 2.24) is 9.97 Å². The van der Waals surface area contributed by atoms with Crippen LogP contribution in [0.4, 0.5) is 14.6 Å². The highest BCUT2D eigenvalue weighted by atomic mass is 19.3. The maximum atomic E-state index is 13.5. The van der Waals surface area contributed by atoms with Gasteiger partial charge in [-0.25, -0.2) is 23.5 Å². The molecule has 0 atom stereocenters. The van der Waals surface area contributed by atoms with E-state index in [1.165, 1.54) is 6.20 Å². The van der Waals surface area contributed by atoms with Crippen molar-refractivity contribution in [2.75, 3.05) is 18.0 Å². The van der Waals surface area contributed by atoms with Gasteiger partial charge in [-0.05, 0) is 19.3 Å². The van der Waals surface area contributed by atoms with E-state index in [9.17, 15) is 18.7 Å². The number of hydrogen-bond acceptors (Lipinski definition) is 4. The van der Waals surface area contributed by atoms with Gasteiger partial charge in [0.1, 0.15) is 17.2 Å². The maximum absolute atomic E-state index is 13.5. The Morgan fingerprint density at radius 1 is 1.33 bits per heavy atom. The topological polar surface area (TPSA) is 66.3 Å². The Morgan fingerprint density at radius 2 is 2.10 bits per heavy atom. The van der Waals surface area contributed by atoms with Gasteiger partial charge in [-0.1, -0.05) is 0 Å². The molecule has 1 aliphatic carbocycles. The van der Waals surface area contributed by atoms with Crippen LogP contribution in [0.3, 0.4) is 0 Å². The van der Waals surface area contributed by atoms with Gasteiger partial charge >= 0.3 is 5.97 Å². The van der Waals surface area contributed by atoms with Crippen LogP contribution in [-0.2, 0) is 0 Å². The van der Waals surface area contributed by atoms with Gasteiger partial charge in [0.2, 0.25) is 5.92 Å². The molecule has 1 aromatic heterocycles. The van der Waals surface area contributed by atoms with E-state index in [2.05, 4.69) is 9.97 Å². The smallest absolute Gasteiger partial charge is 0.341 e. The van der Waals surface area contributed by atoms with Crippen molar-refractivity contribution in [2.24, 2.45) is 0 Å². The summed E-state index contributed by atoms with van der Waals surface area (Å²) >= 11 is 0. The Morgan fingerprint density at radius 3 is 2.76 bits per heavy atom. The summed E-state index contributed by atoms with van der Waals surface area (Å²) in [4.78, 5) is 21.4. The number of anilines is 1. The first-order chi connectivity index (χ1) is 9.96. The minimum absolute atomic E-state index is 0.00961. The first-order valence-corrected chi connectivity index (χ1v) is 7.19. The third kappa shape index (κ3) is 3.11. The van der Waals surface area contributed by atoms with Crippen LogP contribution in [0.25, 0.3) is 0 Å². The van der Waals surface area contributed by atoms with Crippen molar-refractivity contribution in [1.29, 1.82) is 0 Å². The Hall–Kier alpha value is -1.79. The maximum Gasteiger partial charge on any atom is 0.341 e. The molecular formula is C14H17F2N3O2. The number of aromatic nitrogens is 2. The first-order valence-electron chi connectivity index (χ1n) is 7.19. The lowest BCUT2D eigenvalue weighted by Crippen LogP contribution is -2.29. The monoisotopic (exact) mass is 297 g/mol. The molecule has 3 rings (SSSR count). The fourth-order valence-corrected chi connectivity index (χ4v) is 2.59. The number of aromatic carboxylic acids is 1. The van der Waals surface area contributed by atoms with Gasteiger partial charge in [0.15, 0.2) is 0 Å². The molecule has 0 amide bonds. The van der Waals surface area contributed by atoms with Crippen LogP contribution in [0.2, 0.25) is 0 Å². The van der Waals surface area contributed by atoms with E-state index in [1.54, 1.807) is 4.90 Å². The minimum Gasteiger partial charge on any atom is -0.477 e. The summed E-state index contributed by atoms with van der Waals surface area (Å²) in [5, 5.41) is 9.26. The molecule has 1 aromatic rings. The number of alkyl halides is 2. The van der Waals surface area contributed by atoms with Gasteiger partial charge in [0.05, 0.1) is 0 Å². The molecule has 2 heterocycles. The molecular weight excluding hydrogens is 280 g/mol. The van der Waals surface area contributed by atoms with Crippen molar-refractivity contribution in [3.63, 3.8) is 0 Å². The van der Waals surface area contributed by atoms with Crippen molar-refractivity contribution >= 4 is 11.8 Å². The van der Waals surface area contributed by atoms with Gasteiger partial charge in [0.25, 0.3) is 0 Å². The Kier molecular flexibility index (Phi) is 3.51. The number of carboxylic acids is 1. The molecule has 2 aliphatic rings. The molecule has 1 N–H and O–H groups in total. The number of carbonyl (C=O) groups is 1. The molecule has 21 heavy (non-hydrogen) atoms. The number of carboxylic acid groups (broad SMARTS) is 1. The highest BCUT2D eigenvalue weighted by molar-refractivity contribution is 5.93. The summed E-state index contributed by atoms with van der Waals surface area (Å²) in [6.45, 7) is 0.519. The van der Waals surface area contributed by atoms with Gasteiger partial charge in [-0.15, -0.1) is 0 Å². The predicted octanol–water partition coefficient (Wildman–Crippen LogP) is 2.68. The second-order valence-corrected chi connectivity index (χ2v) is 5.74. The standard InChI is InChI=1S/C14H17F2N3O2/c15-14(16)4-1-6-19(7-5-14)12-10(13(20)21)8-17-11(18-12)9-2-3-9/h8-9H,1-7H2,(H,20,21). The number of hydrogen-bond donors (Lipinski definition) is 1. The number of halogens is 2.